The lowest BCUT2D eigenvalue weighted by Gasteiger charge is -2.09. The molecule has 0 heterocycles. The molecule has 0 atom stereocenters. The van der Waals surface area contributed by atoms with Crippen LogP contribution in [0.4, 0.5) is 5.69 Å². The molecule has 0 amide bonds. The molecule has 2 rings (SSSR count). The molecular formula is C14H10ClNO5. The molecule has 0 bridgehead atoms. The lowest BCUT2D eigenvalue weighted by molar-refractivity contribution is -0.384. The van der Waals surface area contributed by atoms with Crippen LogP contribution >= 0.6 is 11.6 Å². The smallest absolute Gasteiger partial charge is 0.339 e. The number of carboxylic acid groups (broad SMARTS) is 1. The van der Waals surface area contributed by atoms with Crippen LogP contribution in [0.25, 0.3) is 0 Å². The van der Waals surface area contributed by atoms with Crippen molar-refractivity contribution >= 4 is 23.3 Å². The maximum Gasteiger partial charge on any atom is 0.339 e. The van der Waals surface area contributed by atoms with Gasteiger partial charge in [-0.25, -0.2) is 4.79 Å². The van der Waals surface area contributed by atoms with Gasteiger partial charge < -0.3 is 9.84 Å². The predicted octanol–water partition coefficient (Wildman–Crippen LogP) is 4.05. The van der Waals surface area contributed by atoms with Crippen molar-refractivity contribution in [3.8, 4) is 11.5 Å². The number of ether oxygens (including phenoxy) is 1. The summed E-state index contributed by atoms with van der Waals surface area (Å²) < 4.78 is 5.45. The van der Waals surface area contributed by atoms with E-state index in [9.17, 15) is 14.9 Å². The van der Waals surface area contributed by atoms with E-state index in [0.717, 1.165) is 5.56 Å². The third-order valence-corrected chi connectivity index (χ3v) is 3.01. The molecule has 0 fully saturated rings. The van der Waals surface area contributed by atoms with Gasteiger partial charge in [0.25, 0.3) is 5.69 Å². The number of carboxylic acids is 1. The lowest BCUT2D eigenvalue weighted by Crippen LogP contribution is -2.00. The summed E-state index contributed by atoms with van der Waals surface area (Å²) in [5.41, 5.74) is 0.539. The van der Waals surface area contributed by atoms with Gasteiger partial charge in [-0.05, 0) is 25.1 Å². The van der Waals surface area contributed by atoms with Crippen molar-refractivity contribution in [2.75, 3.05) is 0 Å². The zero-order valence-electron chi connectivity index (χ0n) is 10.9. The van der Waals surface area contributed by atoms with Crippen LogP contribution in [0, 0.1) is 17.0 Å². The van der Waals surface area contributed by atoms with E-state index in [1.54, 1.807) is 13.0 Å². The summed E-state index contributed by atoms with van der Waals surface area (Å²) in [7, 11) is 0. The fraction of sp³-hybridized carbons (Fsp3) is 0.0714. The fourth-order valence-electron chi connectivity index (χ4n) is 1.73. The number of rotatable bonds is 4. The fourth-order valence-corrected chi connectivity index (χ4v) is 1.97. The van der Waals surface area contributed by atoms with Gasteiger partial charge in [0.1, 0.15) is 22.1 Å². The Balaban J connectivity index is 2.37. The number of carbonyl (C=O) groups is 1. The second-order valence-electron chi connectivity index (χ2n) is 4.28. The quantitative estimate of drug-likeness (QED) is 0.680. The SMILES string of the molecule is Cc1ccc(Oc2ccc([N+](=O)[O-])c(Cl)c2)c(C(=O)O)c1. The second-order valence-corrected chi connectivity index (χ2v) is 4.68. The molecule has 0 unspecified atom stereocenters. The first kappa shape index (κ1) is 14.8. The summed E-state index contributed by atoms with van der Waals surface area (Å²) in [5, 5.41) is 19.7. The molecule has 0 radical (unpaired) electrons. The number of hydrogen-bond acceptors (Lipinski definition) is 4. The van der Waals surface area contributed by atoms with Crippen molar-refractivity contribution in [2.24, 2.45) is 0 Å². The molecule has 0 aromatic heterocycles. The van der Waals surface area contributed by atoms with E-state index < -0.39 is 10.9 Å². The summed E-state index contributed by atoms with van der Waals surface area (Å²) in [6.07, 6.45) is 0. The van der Waals surface area contributed by atoms with E-state index >= 15 is 0 Å². The summed E-state index contributed by atoms with van der Waals surface area (Å²) in [5.74, 6) is -0.767. The third kappa shape index (κ3) is 3.29. The average molecular weight is 308 g/mol. The van der Waals surface area contributed by atoms with E-state index in [0.29, 0.717) is 0 Å². The van der Waals surface area contributed by atoms with Crippen molar-refractivity contribution in [1.29, 1.82) is 0 Å². The van der Waals surface area contributed by atoms with E-state index in [-0.39, 0.29) is 27.8 Å². The van der Waals surface area contributed by atoms with Crippen LogP contribution in [0.5, 0.6) is 11.5 Å². The summed E-state index contributed by atoms with van der Waals surface area (Å²) in [6.45, 7) is 1.76. The summed E-state index contributed by atoms with van der Waals surface area (Å²) in [6, 6.07) is 8.53. The standard InChI is InChI=1S/C14H10ClNO5/c1-8-2-5-13(10(6-8)14(17)18)21-9-3-4-12(16(19)20)11(15)7-9/h2-7H,1H3,(H,17,18). The van der Waals surface area contributed by atoms with Crippen LogP contribution in [0.3, 0.4) is 0 Å². The van der Waals surface area contributed by atoms with Crippen molar-refractivity contribution in [2.45, 2.75) is 6.92 Å². The first-order valence-corrected chi connectivity index (χ1v) is 6.22. The molecule has 0 aliphatic carbocycles. The molecule has 0 spiro atoms. The molecule has 0 aliphatic heterocycles. The minimum atomic E-state index is -1.12. The molecule has 0 saturated carbocycles. The second kappa shape index (κ2) is 5.80. The van der Waals surface area contributed by atoms with Crippen LogP contribution in [0.1, 0.15) is 15.9 Å². The van der Waals surface area contributed by atoms with Gasteiger partial charge in [-0.2, -0.15) is 0 Å². The maximum atomic E-state index is 11.2. The molecule has 21 heavy (non-hydrogen) atoms. The van der Waals surface area contributed by atoms with Gasteiger partial charge in [0.15, 0.2) is 0 Å². The Morgan fingerprint density at radius 3 is 2.57 bits per heavy atom. The molecule has 0 aliphatic rings. The molecule has 6 nitrogen and oxygen atoms in total. The minimum Gasteiger partial charge on any atom is -0.478 e. The number of nitrogens with zero attached hydrogens (tertiary/aromatic N) is 1. The third-order valence-electron chi connectivity index (χ3n) is 2.71. The Kier molecular flexibility index (Phi) is 4.09. The Morgan fingerprint density at radius 2 is 2.00 bits per heavy atom. The number of aromatic carboxylic acids is 1. The Hall–Kier alpha value is -2.60. The van der Waals surface area contributed by atoms with Crippen molar-refractivity contribution < 1.29 is 19.6 Å². The van der Waals surface area contributed by atoms with Gasteiger partial charge in [0, 0.05) is 12.1 Å². The predicted molar refractivity (Wildman–Crippen MR) is 76.3 cm³/mol. The number of benzene rings is 2. The highest BCUT2D eigenvalue weighted by Crippen LogP contribution is 2.32. The van der Waals surface area contributed by atoms with Crippen LogP contribution in [-0.4, -0.2) is 16.0 Å². The first-order valence-electron chi connectivity index (χ1n) is 5.84. The average Bonchev–Trinajstić information content (AvgIpc) is 2.40. The minimum absolute atomic E-state index is 0.00414. The number of nitro groups is 1. The van der Waals surface area contributed by atoms with Crippen LogP contribution in [-0.2, 0) is 0 Å². The highest BCUT2D eigenvalue weighted by molar-refractivity contribution is 6.32. The van der Waals surface area contributed by atoms with Gasteiger partial charge in [-0.3, -0.25) is 10.1 Å². The van der Waals surface area contributed by atoms with E-state index in [1.807, 2.05) is 0 Å². The number of halogens is 1. The van der Waals surface area contributed by atoms with Gasteiger partial charge in [0.05, 0.1) is 4.92 Å². The van der Waals surface area contributed by atoms with Gasteiger partial charge in [0.2, 0.25) is 0 Å². The van der Waals surface area contributed by atoms with E-state index in [1.165, 1.54) is 30.3 Å². The molecule has 108 valence electrons. The normalized spacial score (nSPS) is 10.2. The number of hydrogen-bond donors (Lipinski definition) is 1. The Bertz CT molecular complexity index is 729. The Morgan fingerprint density at radius 1 is 1.29 bits per heavy atom. The maximum absolute atomic E-state index is 11.2. The van der Waals surface area contributed by atoms with Crippen molar-refractivity contribution in [3.05, 3.63) is 62.7 Å². The molecule has 2 aromatic carbocycles. The van der Waals surface area contributed by atoms with Crippen LogP contribution in [0.15, 0.2) is 36.4 Å². The molecule has 7 heteroatoms. The highest BCUT2D eigenvalue weighted by atomic mass is 35.5. The number of aryl methyl sites for hydroxylation is 1. The largest absolute Gasteiger partial charge is 0.478 e. The highest BCUT2D eigenvalue weighted by Gasteiger charge is 2.15. The zero-order chi connectivity index (χ0) is 15.6. The zero-order valence-corrected chi connectivity index (χ0v) is 11.6. The molecule has 1 N–H and O–H groups in total. The van der Waals surface area contributed by atoms with E-state index in [4.69, 9.17) is 21.4 Å². The van der Waals surface area contributed by atoms with Crippen LogP contribution in [0.2, 0.25) is 5.02 Å². The molecular weight excluding hydrogens is 298 g/mol. The van der Waals surface area contributed by atoms with Crippen molar-refractivity contribution in [1.82, 2.24) is 0 Å². The molecule has 0 saturated heterocycles. The van der Waals surface area contributed by atoms with Crippen LogP contribution < -0.4 is 4.74 Å². The Labute approximate surface area is 124 Å². The summed E-state index contributed by atoms with van der Waals surface area (Å²) >= 11 is 5.78. The summed E-state index contributed by atoms with van der Waals surface area (Å²) in [4.78, 5) is 21.2. The van der Waals surface area contributed by atoms with Gasteiger partial charge >= 0.3 is 5.97 Å². The van der Waals surface area contributed by atoms with E-state index in [2.05, 4.69) is 0 Å². The van der Waals surface area contributed by atoms with Crippen molar-refractivity contribution in [3.63, 3.8) is 0 Å². The first-order chi connectivity index (χ1) is 9.88. The number of nitro benzene ring substituents is 1. The molecule has 2 aromatic rings. The lowest BCUT2D eigenvalue weighted by atomic mass is 10.1. The van der Waals surface area contributed by atoms with Gasteiger partial charge in [-0.1, -0.05) is 23.2 Å². The monoisotopic (exact) mass is 307 g/mol. The van der Waals surface area contributed by atoms with Gasteiger partial charge in [-0.15, -0.1) is 0 Å². The topological polar surface area (TPSA) is 89.7 Å².